The zero-order chi connectivity index (χ0) is 29.0. The number of fused-ring (bicyclic) bond motifs is 1. The van der Waals surface area contributed by atoms with Crippen LogP contribution < -0.4 is 5.32 Å². The molecule has 3 aromatic carbocycles. The molecule has 1 amide bonds. The van der Waals surface area contributed by atoms with Crippen LogP contribution in [0.25, 0.3) is 10.9 Å². The third kappa shape index (κ3) is 6.22. The molecule has 204 valence electrons. The highest BCUT2D eigenvalue weighted by molar-refractivity contribution is 6.40. The number of ketones is 2. The van der Waals surface area contributed by atoms with E-state index in [1.807, 2.05) is 0 Å². The van der Waals surface area contributed by atoms with Gasteiger partial charge in [-0.1, -0.05) is 53.5 Å². The smallest absolute Gasteiger partial charge is 0.326 e. The van der Waals surface area contributed by atoms with Crippen molar-refractivity contribution >= 4 is 63.8 Å². The predicted molar refractivity (Wildman–Crippen MR) is 149 cm³/mol. The molecule has 11 heteroatoms. The van der Waals surface area contributed by atoms with Gasteiger partial charge in [0.15, 0.2) is 17.9 Å². The van der Waals surface area contributed by atoms with Crippen LogP contribution >= 0.6 is 23.2 Å². The summed E-state index contributed by atoms with van der Waals surface area (Å²) in [6, 6.07) is 14.1. The number of rotatable bonds is 11. The third-order valence-electron chi connectivity index (χ3n) is 6.28. The van der Waals surface area contributed by atoms with Gasteiger partial charge in [-0.2, -0.15) is 0 Å². The summed E-state index contributed by atoms with van der Waals surface area (Å²) >= 11 is 12.6. The average Bonchev–Trinajstić information content (AvgIpc) is 3.29. The maximum atomic E-state index is 13.1. The minimum Gasteiger partial charge on any atom is -0.508 e. The minimum absolute atomic E-state index is 0.0546. The lowest BCUT2D eigenvalue weighted by Gasteiger charge is -2.15. The first-order valence-electron chi connectivity index (χ1n) is 12.0. The highest BCUT2D eigenvalue weighted by Gasteiger charge is 2.29. The monoisotopic (exact) mass is 580 g/mol. The molecule has 1 atom stereocenters. The van der Waals surface area contributed by atoms with E-state index in [0.29, 0.717) is 23.6 Å². The molecule has 4 rings (SSSR count). The molecule has 0 radical (unpaired) electrons. The number of nitrogens with one attached hydrogen (secondary N) is 2. The number of para-hydroxylation sites is 1. The van der Waals surface area contributed by atoms with Crippen LogP contribution in [-0.4, -0.2) is 51.0 Å². The number of Topliss-reactive ketones (excluding diaryl/α,β-unsaturated/α-hetero) is 2. The SMILES string of the molecule is O=Cc1c(C(=O)N[C@@H](CC(=O)c2c(Cl)cc(C(=O)CCc3cccc(O)c3)cc2Cl)C(=O)O)[nH]c2ccccc12. The second-order valence-electron chi connectivity index (χ2n) is 8.98. The first-order chi connectivity index (χ1) is 19.1. The number of hydrogen-bond donors (Lipinski definition) is 4. The van der Waals surface area contributed by atoms with Gasteiger partial charge in [0.2, 0.25) is 0 Å². The van der Waals surface area contributed by atoms with Crippen LogP contribution in [0.2, 0.25) is 10.0 Å². The van der Waals surface area contributed by atoms with Crippen LogP contribution in [0.4, 0.5) is 0 Å². The fourth-order valence-corrected chi connectivity index (χ4v) is 5.00. The van der Waals surface area contributed by atoms with Gasteiger partial charge in [-0.15, -0.1) is 0 Å². The van der Waals surface area contributed by atoms with E-state index >= 15 is 0 Å². The van der Waals surface area contributed by atoms with Crippen molar-refractivity contribution in [2.24, 2.45) is 0 Å². The number of carboxylic acid groups (broad SMARTS) is 1. The second kappa shape index (κ2) is 12.1. The van der Waals surface area contributed by atoms with E-state index < -0.39 is 30.1 Å². The van der Waals surface area contributed by atoms with Crippen LogP contribution in [0, 0.1) is 0 Å². The van der Waals surface area contributed by atoms with Gasteiger partial charge in [0, 0.05) is 29.3 Å². The number of aromatic hydroxyl groups is 1. The molecular formula is C29H22Cl2N2O7. The summed E-state index contributed by atoms with van der Waals surface area (Å²) in [4.78, 5) is 65.0. The second-order valence-corrected chi connectivity index (χ2v) is 9.79. The van der Waals surface area contributed by atoms with E-state index in [-0.39, 0.29) is 50.4 Å². The van der Waals surface area contributed by atoms with Crippen LogP contribution in [-0.2, 0) is 11.2 Å². The first kappa shape index (κ1) is 28.5. The summed E-state index contributed by atoms with van der Waals surface area (Å²) < 4.78 is 0. The molecule has 1 heterocycles. The summed E-state index contributed by atoms with van der Waals surface area (Å²) in [5, 5.41) is 21.7. The molecule has 0 spiro atoms. The Morgan fingerprint density at radius 3 is 2.30 bits per heavy atom. The number of phenols is 1. The van der Waals surface area contributed by atoms with E-state index in [9.17, 15) is 34.2 Å². The molecule has 40 heavy (non-hydrogen) atoms. The number of amides is 1. The Hall–Kier alpha value is -4.47. The number of carbonyl (C=O) groups is 5. The number of aromatic nitrogens is 1. The molecule has 0 unspecified atom stereocenters. The molecule has 0 aliphatic heterocycles. The topological polar surface area (TPSA) is 154 Å². The largest absolute Gasteiger partial charge is 0.508 e. The number of hydrogen-bond acceptors (Lipinski definition) is 6. The molecule has 9 nitrogen and oxygen atoms in total. The van der Waals surface area contributed by atoms with Crippen molar-refractivity contribution in [3.8, 4) is 5.75 Å². The molecule has 4 N–H and O–H groups in total. The van der Waals surface area contributed by atoms with Crippen molar-refractivity contribution in [2.75, 3.05) is 0 Å². The Kier molecular flexibility index (Phi) is 8.67. The summed E-state index contributed by atoms with van der Waals surface area (Å²) in [5.41, 5.74) is 1.15. The van der Waals surface area contributed by atoms with Gasteiger partial charge >= 0.3 is 5.97 Å². The quantitative estimate of drug-likeness (QED) is 0.139. The minimum atomic E-state index is -1.67. The van der Waals surface area contributed by atoms with Crippen LogP contribution in [0.3, 0.4) is 0 Å². The molecule has 0 saturated heterocycles. The van der Waals surface area contributed by atoms with Crippen molar-refractivity contribution < 1.29 is 34.2 Å². The van der Waals surface area contributed by atoms with Gasteiger partial charge in [0.25, 0.3) is 5.91 Å². The Labute approximate surface area is 237 Å². The number of benzene rings is 3. The number of carboxylic acids is 1. The normalized spacial score (nSPS) is 11.7. The van der Waals surface area contributed by atoms with Gasteiger partial charge in [-0.25, -0.2) is 4.79 Å². The molecular weight excluding hydrogens is 559 g/mol. The van der Waals surface area contributed by atoms with Crippen LogP contribution in [0.5, 0.6) is 5.75 Å². The average molecular weight is 581 g/mol. The van der Waals surface area contributed by atoms with Crippen LogP contribution in [0.1, 0.15) is 60.0 Å². The van der Waals surface area contributed by atoms with Crippen molar-refractivity contribution in [1.82, 2.24) is 10.3 Å². The zero-order valence-corrected chi connectivity index (χ0v) is 22.3. The van der Waals surface area contributed by atoms with Crippen molar-refractivity contribution in [3.05, 3.63) is 98.7 Å². The fourth-order valence-electron chi connectivity index (χ4n) is 4.30. The van der Waals surface area contributed by atoms with Crippen molar-refractivity contribution in [3.63, 3.8) is 0 Å². The Balaban J connectivity index is 1.49. The molecule has 0 aliphatic rings. The molecule has 0 bridgehead atoms. The van der Waals surface area contributed by atoms with Gasteiger partial charge < -0.3 is 20.5 Å². The standard InChI is InChI=1S/C29H22Cl2N2O7/c30-20-11-16(24(36)9-8-15-4-3-5-17(35)10-15)12-21(31)26(20)25(37)13-23(29(39)40)33-28(38)27-19(14-34)18-6-1-2-7-22(18)32-27/h1-7,10-12,14,23,32,35H,8-9,13H2,(H,33,38)(H,39,40)/t23-/m0/s1. The van der Waals surface area contributed by atoms with Gasteiger partial charge in [0.05, 0.1) is 21.2 Å². The molecule has 4 aromatic rings. The van der Waals surface area contributed by atoms with E-state index in [2.05, 4.69) is 10.3 Å². The number of phenolic OH excluding ortho intramolecular Hbond substituents is 1. The molecule has 0 fully saturated rings. The lowest BCUT2D eigenvalue weighted by molar-refractivity contribution is -0.139. The van der Waals surface area contributed by atoms with Gasteiger partial charge in [-0.05, 0) is 42.3 Å². The zero-order valence-electron chi connectivity index (χ0n) is 20.7. The summed E-state index contributed by atoms with van der Waals surface area (Å²) in [5.74, 6) is -3.36. The summed E-state index contributed by atoms with van der Waals surface area (Å²) in [6.07, 6.45) is 0.237. The van der Waals surface area contributed by atoms with E-state index in [0.717, 1.165) is 5.56 Å². The third-order valence-corrected chi connectivity index (χ3v) is 6.87. The van der Waals surface area contributed by atoms with Gasteiger partial charge in [-0.3, -0.25) is 19.2 Å². The summed E-state index contributed by atoms with van der Waals surface area (Å²) in [7, 11) is 0. The number of aliphatic carboxylic acids is 1. The highest BCUT2D eigenvalue weighted by Crippen LogP contribution is 2.29. The molecule has 0 aliphatic carbocycles. The van der Waals surface area contributed by atoms with E-state index in [1.165, 1.54) is 18.2 Å². The fraction of sp³-hybridized carbons (Fsp3) is 0.138. The molecule has 0 saturated carbocycles. The lowest BCUT2D eigenvalue weighted by atomic mass is 9.98. The Bertz CT molecular complexity index is 1640. The summed E-state index contributed by atoms with van der Waals surface area (Å²) in [6.45, 7) is 0. The van der Waals surface area contributed by atoms with Crippen LogP contribution in [0.15, 0.2) is 60.7 Å². The maximum Gasteiger partial charge on any atom is 0.326 e. The number of aldehydes is 1. The number of aromatic amines is 1. The number of carbonyl (C=O) groups excluding carboxylic acids is 4. The van der Waals surface area contributed by atoms with E-state index in [4.69, 9.17) is 23.2 Å². The number of H-pyrrole nitrogens is 1. The Morgan fingerprint density at radius 1 is 0.950 bits per heavy atom. The number of aryl methyl sites for hydroxylation is 1. The first-order valence-corrected chi connectivity index (χ1v) is 12.8. The maximum absolute atomic E-state index is 13.1. The number of halogens is 2. The predicted octanol–water partition coefficient (Wildman–Crippen LogP) is 5.26. The lowest BCUT2D eigenvalue weighted by Crippen LogP contribution is -2.42. The molecule has 1 aromatic heterocycles. The van der Waals surface area contributed by atoms with Gasteiger partial charge in [0.1, 0.15) is 17.5 Å². The van der Waals surface area contributed by atoms with E-state index in [1.54, 1.807) is 42.5 Å². The Morgan fingerprint density at radius 2 is 1.65 bits per heavy atom. The van der Waals surface area contributed by atoms with Crippen molar-refractivity contribution in [1.29, 1.82) is 0 Å². The highest BCUT2D eigenvalue weighted by atomic mass is 35.5. The van der Waals surface area contributed by atoms with Crippen molar-refractivity contribution in [2.45, 2.75) is 25.3 Å².